The fraction of sp³-hybridized carbons (Fsp3) is 0.107. The maximum Gasteiger partial charge on any atom is 0.268 e. The van der Waals surface area contributed by atoms with Gasteiger partial charge in [-0.3, -0.25) is 4.31 Å². The lowest BCUT2D eigenvalue weighted by Crippen LogP contribution is -2.31. The first-order chi connectivity index (χ1) is 18.5. The molecule has 0 aliphatic rings. The molecule has 0 aliphatic heterocycles. The molecule has 5 rings (SSSR count). The van der Waals surface area contributed by atoms with E-state index in [0.717, 1.165) is 16.7 Å². The minimum atomic E-state index is -4.09. The van der Waals surface area contributed by atoms with Crippen molar-refractivity contribution in [2.45, 2.75) is 11.4 Å². The van der Waals surface area contributed by atoms with Gasteiger partial charge in [-0.15, -0.1) is 0 Å². The first kappa shape index (κ1) is 25.0. The van der Waals surface area contributed by atoms with E-state index in [1.165, 1.54) is 24.6 Å². The number of H-pyrrole nitrogens is 1. The van der Waals surface area contributed by atoms with E-state index in [2.05, 4.69) is 20.2 Å². The number of anilines is 1. The van der Waals surface area contributed by atoms with Gasteiger partial charge in [0.2, 0.25) is 0 Å². The molecule has 0 saturated carbocycles. The van der Waals surface area contributed by atoms with E-state index in [0.29, 0.717) is 22.9 Å². The summed E-state index contributed by atoms with van der Waals surface area (Å²) in [6.45, 7) is -0.0307. The molecular weight excluding hydrogens is 502 g/mol. The smallest absolute Gasteiger partial charge is 0.268 e. The monoisotopic (exact) mass is 527 g/mol. The van der Waals surface area contributed by atoms with Crippen LogP contribution >= 0.6 is 0 Å². The fourth-order valence-electron chi connectivity index (χ4n) is 3.93. The number of hydrogen-bond acceptors (Lipinski definition) is 7. The molecule has 0 saturated heterocycles. The number of sulfonamides is 1. The van der Waals surface area contributed by atoms with Crippen LogP contribution in [0.3, 0.4) is 0 Å². The molecule has 0 radical (unpaired) electrons. The quantitative estimate of drug-likeness (QED) is 0.223. The van der Waals surface area contributed by atoms with Crippen molar-refractivity contribution in [1.82, 2.24) is 9.97 Å². The zero-order valence-electron chi connectivity index (χ0n) is 20.8. The molecule has 0 spiro atoms. The van der Waals surface area contributed by atoms with Crippen LogP contribution in [-0.2, 0) is 16.6 Å². The molecule has 5 aromatic rings. The van der Waals surface area contributed by atoms with E-state index in [9.17, 15) is 8.42 Å². The molecule has 0 bridgehead atoms. The number of aromatic nitrogens is 2. The first-order valence-corrected chi connectivity index (χ1v) is 13.2. The van der Waals surface area contributed by atoms with Crippen molar-refractivity contribution in [3.8, 4) is 11.5 Å². The van der Waals surface area contributed by atoms with Crippen LogP contribution in [0.5, 0.6) is 11.5 Å². The van der Waals surface area contributed by atoms with Crippen LogP contribution in [0.4, 0.5) is 17.1 Å². The third-order valence-corrected chi connectivity index (χ3v) is 7.66. The maximum absolute atomic E-state index is 14.0. The Kier molecular flexibility index (Phi) is 7.05. The van der Waals surface area contributed by atoms with Gasteiger partial charge in [0.15, 0.2) is 0 Å². The number of para-hydroxylation sites is 2. The highest BCUT2D eigenvalue weighted by molar-refractivity contribution is 7.92. The average molecular weight is 528 g/mol. The molecular formula is C28H25N5O4S. The molecule has 1 aromatic heterocycles. The van der Waals surface area contributed by atoms with Crippen LogP contribution in [0.15, 0.2) is 112 Å². The zero-order chi connectivity index (χ0) is 26.5. The second kappa shape index (κ2) is 10.7. The van der Waals surface area contributed by atoms with Gasteiger partial charge >= 0.3 is 0 Å². The molecule has 1 N–H and O–H groups in total. The van der Waals surface area contributed by atoms with Crippen molar-refractivity contribution in [1.29, 1.82) is 0 Å². The molecule has 0 aliphatic carbocycles. The molecule has 9 nitrogen and oxygen atoms in total. The van der Waals surface area contributed by atoms with Gasteiger partial charge in [0.05, 0.1) is 48.9 Å². The summed E-state index contributed by atoms with van der Waals surface area (Å²) in [5.74, 6) is 1.15. The summed E-state index contributed by atoms with van der Waals surface area (Å²) in [7, 11) is -1.16. The van der Waals surface area contributed by atoms with E-state index in [4.69, 9.17) is 9.47 Å². The van der Waals surface area contributed by atoms with E-state index in [-0.39, 0.29) is 17.2 Å². The van der Waals surface area contributed by atoms with Crippen molar-refractivity contribution < 1.29 is 17.9 Å². The van der Waals surface area contributed by atoms with Crippen molar-refractivity contribution in [2.24, 2.45) is 10.2 Å². The van der Waals surface area contributed by atoms with Gasteiger partial charge in [0.25, 0.3) is 10.0 Å². The third kappa shape index (κ3) is 5.21. The van der Waals surface area contributed by atoms with E-state index < -0.39 is 10.0 Å². The number of ether oxygens (including phenoxy) is 2. The summed E-state index contributed by atoms with van der Waals surface area (Å²) in [5, 5.41) is 8.49. The number of methoxy groups -OCH3 is 2. The van der Waals surface area contributed by atoms with Crippen LogP contribution in [0.1, 0.15) is 5.82 Å². The molecule has 0 unspecified atom stereocenters. The van der Waals surface area contributed by atoms with E-state index >= 15 is 0 Å². The number of azo groups is 1. The van der Waals surface area contributed by atoms with Crippen LogP contribution in [0, 0.1) is 0 Å². The number of rotatable bonds is 9. The summed E-state index contributed by atoms with van der Waals surface area (Å²) in [6.07, 6.45) is 0. The van der Waals surface area contributed by atoms with Crippen LogP contribution in [-0.4, -0.2) is 32.6 Å². The minimum absolute atomic E-state index is 0.00440. The largest absolute Gasteiger partial charge is 0.497 e. The van der Waals surface area contributed by atoms with Crippen LogP contribution in [0.2, 0.25) is 0 Å². The predicted octanol–water partition coefficient (Wildman–Crippen LogP) is 6.39. The number of nitrogens with zero attached hydrogens (tertiary/aromatic N) is 4. The van der Waals surface area contributed by atoms with E-state index in [1.54, 1.807) is 36.4 Å². The standard InChI is InChI=1S/C28H25N5O4S/c1-36-23-16-17-27(26(18-23)37-2)38(34,35)33(19-28-29-24-10-6-7-11-25(24)30-28)22-14-12-21(13-15-22)32-31-20-8-4-3-5-9-20/h3-18H,19H2,1-2H3,(H,29,30). The summed E-state index contributed by atoms with van der Waals surface area (Å²) in [4.78, 5) is 7.81. The molecule has 192 valence electrons. The Bertz CT molecular complexity index is 1650. The normalized spacial score (nSPS) is 11.6. The minimum Gasteiger partial charge on any atom is -0.497 e. The van der Waals surface area contributed by atoms with Gasteiger partial charge in [-0.05, 0) is 60.7 Å². The second-order valence-electron chi connectivity index (χ2n) is 8.28. The Morgan fingerprint density at radius 3 is 2.18 bits per heavy atom. The third-order valence-electron chi connectivity index (χ3n) is 5.85. The Labute approximate surface area is 220 Å². The Hall–Kier alpha value is -4.70. The van der Waals surface area contributed by atoms with Crippen LogP contribution < -0.4 is 13.8 Å². The summed E-state index contributed by atoms with van der Waals surface area (Å²) >= 11 is 0. The highest BCUT2D eigenvalue weighted by Gasteiger charge is 2.29. The highest BCUT2D eigenvalue weighted by Crippen LogP contribution is 2.34. The SMILES string of the molecule is COc1ccc(S(=O)(=O)N(Cc2nc3ccccc3[nH]2)c2ccc(N=Nc3ccccc3)cc2)c(OC)c1. The Morgan fingerprint density at radius 2 is 1.50 bits per heavy atom. The number of fused-ring (bicyclic) bond motifs is 1. The van der Waals surface area contributed by atoms with Gasteiger partial charge in [-0.2, -0.15) is 10.2 Å². The number of nitrogens with one attached hydrogen (secondary N) is 1. The highest BCUT2D eigenvalue weighted by atomic mass is 32.2. The van der Waals surface area contributed by atoms with Crippen molar-refractivity contribution in [3.05, 3.63) is 103 Å². The molecule has 4 aromatic carbocycles. The van der Waals surface area contributed by atoms with Gasteiger partial charge in [0.1, 0.15) is 22.2 Å². The topological polar surface area (TPSA) is 109 Å². The average Bonchev–Trinajstić information content (AvgIpc) is 3.38. The van der Waals surface area contributed by atoms with Gasteiger partial charge in [-0.1, -0.05) is 30.3 Å². The molecule has 0 atom stereocenters. The number of benzene rings is 4. The van der Waals surface area contributed by atoms with Crippen molar-refractivity contribution in [2.75, 3.05) is 18.5 Å². The molecule has 0 fully saturated rings. The van der Waals surface area contributed by atoms with Crippen molar-refractivity contribution in [3.63, 3.8) is 0 Å². The lowest BCUT2D eigenvalue weighted by molar-refractivity contribution is 0.386. The Morgan fingerprint density at radius 1 is 0.816 bits per heavy atom. The zero-order valence-corrected chi connectivity index (χ0v) is 21.6. The molecule has 10 heteroatoms. The maximum atomic E-state index is 14.0. The summed E-state index contributed by atoms with van der Waals surface area (Å²) < 4.78 is 40.0. The lowest BCUT2D eigenvalue weighted by Gasteiger charge is -2.25. The van der Waals surface area contributed by atoms with Crippen LogP contribution in [0.25, 0.3) is 11.0 Å². The molecule has 0 amide bonds. The molecule has 1 heterocycles. The lowest BCUT2D eigenvalue weighted by atomic mass is 10.3. The summed E-state index contributed by atoms with van der Waals surface area (Å²) in [5.41, 5.74) is 3.30. The number of hydrogen-bond donors (Lipinski definition) is 1. The Balaban J connectivity index is 1.54. The van der Waals surface area contributed by atoms with E-state index in [1.807, 2.05) is 54.6 Å². The second-order valence-corrected chi connectivity index (χ2v) is 10.1. The number of aromatic amines is 1. The fourth-order valence-corrected chi connectivity index (χ4v) is 5.50. The summed E-state index contributed by atoms with van der Waals surface area (Å²) in [6, 6.07) is 28.3. The predicted molar refractivity (Wildman–Crippen MR) is 146 cm³/mol. The number of imidazole rings is 1. The first-order valence-electron chi connectivity index (χ1n) is 11.7. The molecule has 38 heavy (non-hydrogen) atoms. The van der Waals surface area contributed by atoms with Gasteiger partial charge in [0, 0.05) is 6.07 Å². The van der Waals surface area contributed by atoms with Gasteiger partial charge < -0.3 is 14.5 Å². The van der Waals surface area contributed by atoms with Crippen molar-refractivity contribution >= 4 is 38.1 Å². The van der Waals surface area contributed by atoms with Gasteiger partial charge in [-0.25, -0.2) is 13.4 Å².